The Morgan fingerprint density at radius 3 is 1.00 bits per heavy atom. The van der Waals surface area contributed by atoms with Gasteiger partial charge in [-0.3, -0.25) is 0 Å². The van der Waals surface area contributed by atoms with Gasteiger partial charge in [0.05, 0.1) is 0 Å². The molecule has 0 aromatic heterocycles. The van der Waals surface area contributed by atoms with Gasteiger partial charge in [-0.2, -0.15) is 9.90 Å². The summed E-state index contributed by atoms with van der Waals surface area (Å²) in [4.78, 5) is 0. The lowest BCUT2D eigenvalue weighted by Gasteiger charge is -0.344. The first-order valence-corrected chi connectivity index (χ1v) is 0. The summed E-state index contributed by atoms with van der Waals surface area (Å²) >= 11 is 0. The Labute approximate surface area is 35.4 Å². The lowest BCUT2D eigenvalue weighted by atomic mass is 12.0. The molecule has 3 N–H and O–H groups in total. The van der Waals surface area contributed by atoms with Crippen LogP contribution in [0.1, 0.15) is 7.43 Å². The molecule has 0 fully saturated rings. The second kappa shape index (κ2) is 66.6. The summed E-state index contributed by atoms with van der Waals surface area (Å²) in [5.74, 6) is 0. The average Bonchev–Trinajstić information content (AvgIpc) is 0. The van der Waals surface area contributed by atoms with Crippen LogP contribution in [0.25, 0.3) is 0 Å². The van der Waals surface area contributed by atoms with Gasteiger partial charge in [0.15, 0.2) is 0 Å². The first kappa shape index (κ1) is 163. The third kappa shape index (κ3) is 18.3. The molecule has 0 spiro atoms. The van der Waals surface area contributed by atoms with E-state index in [2.05, 4.69) is 0 Å². The molecule has 0 saturated carbocycles. The predicted molar refractivity (Wildman–Crippen MR) is 34.2 cm³/mol. The number of hydrogen-bond acceptors (Lipinski definition) is 1. The third-order valence-electron chi connectivity index (χ3n) is 0. The summed E-state index contributed by atoms with van der Waals surface area (Å²) in [7, 11) is 0. The van der Waals surface area contributed by atoms with Gasteiger partial charge in [0.25, 0.3) is 0 Å². The fourth-order valence-electron chi connectivity index (χ4n) is 0. The third-order valence-corrected chi connectivity index (χ3v) is 0. The summed E-state index contributed by atoms with van der Waals surface area (Å²) in [6.07, 6.45) is 0. The molecular weight excluding hydrogens is 85.1 g/mol. The van der Waals surface area contributed by atoms with E-state index in [1.165, 1.54) is 0 Å². The monoisotopic (exact) mass is 99.1 g/mol. The minimum absolute atomic E-state index is 0. The lowest BCUT2D eigenvalue weighted by molar-refractivity contribution is 2.13. The molecule has 4 heavy (non-hydrogen) atoms. The second-order valence-electron chi connectivity index (χ2n) is 0. The molecule has 32 valence electrons. The molecule has 0 bridgehead atoms. The van der Waals surface area contributed by atoms with E-state index in [1.54, 1.807) is 0 Å². The highest BCUT2D eigenvalue weighted by molar-refractivity contribution is 6.92. The maximum atomic E-state index is 0. The molecule has 0 aliphatic rings. The van der Waals surface area contributed by atoms with Crippen LogP contribution in [0.2, 0.25) is 0 Å². The van der Waals surface area contributed by atoms with Crippen molar-refractivity contribution in [2.75, 3.05) is 0 Å². The minimum atomic E-state index is 0. The first-order valence-electron chi connectivity index (χ1n) is 0. The molecule has 0 aromatic rings. The summed E-state index contributed by atoms with van der Waals surface area (Å²) in [5.41, 5.74) is 0. The standard InChI is InChI=1S/CH4.H3N.H3P.H4Si/h1H4;2*1H3;1H4. The molecule has 0 rings (SSSR count). The van der Waals surface area contributed by atoms with Crippen LogP contribution in [0.3, 0.4) is 0 Å². The Kier molecular flexibility index (Phi) is 2710. The SMILES string of the molecule is C.N.P.[SiH4]. The number of hydrogen-bond donors (Lipinski definition) is 1. The lowest BCUT2D eigenvalue weighted by Crippen LogP contribution is -0.481. The Balaban J connectivity index is 0. The van der Waals surface area contributed by atoms with E-state index in [0.717, 1.165) is 0 Å². The zero-order valence-corrected chi connectivity index (χ0v) is 2.83. The Hall–Kier alpha value is 0.607. The Morgan fingerprint density at radius 1 is 1.00 bits per heavy atom. The number of rotatable bonds is 0. The van der Waals surface area contributed by atoms with Gasteiger partial charge in [0.2, 0.25) is 0 Å². The van der Waals surface area contributed by atoms with Crippen molar-refractivity contribution in [2.24, 2.45) is 0 Å². The fourth-order valence-corrected chi connectivity index (χ4v) is 0. The molecular formula is CH14NPSi. The van der Waals surface area contributed by atoms with Gasteiger partial charge < -0.3 is 6.15 Å². The zero-order valence-electron chi connectivity index (χ0n) is 1.41. The molecule has 0 heterocycles. The van der Waals surface area contributed by atoms with Crippen molar-refractivity contribution in [3.8, 4) is 0 Å². The summed E-state index contributed by atoms with van der Waals surface area (Å²) in [5, 5.41) is 0. The topological polar surface area (TPSA) is 35.0 Å². The molecule has 1 unspecified atom stereocenters. The van der Waals surface area contributed by atoms with Crippen molar-refractivity contribution in [3.63, 3.8) is 0 Å². The average molecular weight is 99.2 g/mol. The van der Waals surface area contributed by atoms with Crippen molar-refractivity contribution in [3.05, 3.63) is 0 Å². The van der Waals surface area contributed by atoms with Crippen molar-refractivity contribution in [1.82, 2.24) is 6.15 Å². The summed E-state index contributed by atoms with van der Waals surface area (Å²) in [6, 6.07) is 0. The van der Waals surface area contributed by atoms with Crippen LogP contribution in [0.4, 0.5) is 0 Å². The molecule has 0 aliphatic heterocycles. The van der Waals surface area contributed by atoms with Crippen LogP contribution in [-0.2, 0) is 0 Å². The van der Waals surface area contributed by atoms with Crippen molar-refractivity contribution in [2.45, 2.75) is 7.43 Å². The minimum Gasteiger partial charge on any atom is -0.344 e. The highest BCUT2D eigenvalue weighted by atomic mass is 31.0. The van der Waals surface area contributed by atoms with Gasteiger partial charge in [0, 0.05) is 0 Å². The molecule has 0 aromatic carbocycles. The molecule has 3 heteroatoms. The second-order valence-corrected chi connectivity index (χ2v) is 0. The summed E-state index contributed by atoms with van der Waals surface area (Å²) in [6.45, 7) is 0. The molecule has 0 saturated heterocycles. The van der Waals surface area contributed by atoms with Crippen molar-refractivity contribution in [1.29, 1.82) is 0 Å². The van der Waals surface area contributed by atoms with E-state index >= 15 is 0 Å². The van der Waals surface area contributed by atoms with Crippen LogP contribution >= 0.6 is 9.90 Å². The van der Waals surface area contributed by atoms with E-state index in [4.69, 9.17) is 0 Å². The van der Waals surface area contributed by atoms with Crippen LogP contribution in [0.15, 0.2) is 0 Å². The Morgan fingerprint density at radius 2 is 1.00 bits per heavy atom. The highest BCUT2D eigenvalue weighted by Gasteiger charge is -0.0148. The van der Waals surface area contributed by atoms with Gasteiger partial charge in [-0.25, -0.2) is 0 Å². The van der Waals surface area contributed by atoms with E-state index in [0.29, 0.717) is 0 Å². The van der Waals surface area contributed by atoms with Gasteiger partial charge >= 0.3 is 0 Å². The Bertz CT molecular complexity index is 8.00. The quantitative estimate of drug-likeness (QED) is 0.319. The van der Waals surface area contributed by atoms with Gasteiger partial charge in [-0.1, -0.05) is 7.43 Å². The van der Waals surface area contributed by atoms with Crippen LogP contribution in [-0.4, -0.2) is 11.0 Å². The molecule has 0 radical (unpaired) electrons. The fraction of sp³-hybridized carbons (Fsp3) is 1.00. The molecule has 0 aliphatic carbocycles. The summed E-state index contributed by atoms with van der Waals surface area (Å²) < 4.78 is 0. The van der Waals surface area contributed by atoms with Crippen molar-refractivity contribution >= 4 is 20.9 Å². The van der Waals surface area contributed by atoms with Gasteiger partial charge in [0.1, 0.15) is 0 Å². The van der Waals surface area contributed by atoms with E-state index < -0.39 is 0 Å². The normalized spacial score (nSPS) is 0. The first-order chi connectivity index (χ1) is 0. The molecule has 1 nitrogen and oxygen atoms in total. The largest absolute Gasteiger partial charge is 0.344 e. The van der Waals surface area contributed by atoms with Crippen LogP contribution in [0, 0.1) is 0 Å². The maximum Gasteiger partial charge on any atom is -0.0149 e. The zero-order chi connectivity index (χ0) is 0. The predicted octanol–water partition coefficient (Wildman–Crippen LogP) is -0.595. The van der Waals surface area contributed by atoms with E-state index in [1.807, 2.05) is 0 Å². The smallest absolute Gasteiger partial charge is 0.0149 e. The van der Waals surface area contributed by atoms with Crippen LogP contribution in [0.5, 0.6) is 0 Å². The highest BCUT2D eigenvalue weighted by Crippen LogP contribution is 0.861. The van der Waals surface area contributed by atoms with Gasteiger partial charge in [-0.05, 0) is 11.0 Å². The van der Waals surface area contributed by atoms with Gasteiger partial charge in [-0.15, -0.1) is 0 Å². The van der Waals surface area contributed by atoms with E-state index in [9.17, 15) is 0 Å². The molecule has 0 amide bonds. The molecule has 1 atom stereocenters. The van der Waals surface area contributed by atoms with Crippen LogP contribution < -0.4 is 6.15 Å². The van der Waals surface area contributed by atoms with E-state index in [-0.39, 0.29) is 34.4 Å². The van der Waals surface area contributed by atoms with Crippen molar-refractivity contribution < 1.29 is 0 Å². The maximum absolute atomic E-state index is 0.